The predicted octanol–water partition coefficient (Wildman–Crippen LogP) is 5.51. The van der Waals surface area contributed by atoms with Crippen molar-refractivity contribution < 1.29 is 9.59 Å². The summed E-state index contributed by atoms with van der Waals surface area (Å²) in [5, 5.41) is 0.398. The molecule has 0 spiro atoms. The summed E-state index contributed by atoms with van der Waals surface area (Å²) in [6, 6.07) is 4.05. The van der Waals surface area contributed by atoms with Crippen molar-refractivity contribution in [3.63, 3.8) is 0 Å². The molecule has 0 aromatic heterocycles. The number of benzene rings is 1. The average molecular weight is 393 g/mol. The summed E-state index contributed by atoms with van der Waals surface area (Å²) in [5.41, 5.74) is 3.23. The molecular weight excluding hydrogens is 368 g/mol. The van der Waals surface area contributed by atoms with E-state index in [9.17, 15) is 9.59 Å². The van der Waals surface area contributed by atoms with Crippen molar-refractivity contribution in [3.05, 3.63) is 33.2 Å². The van der Waals surface area contributed by atoms with Gasteiger partial charge in [0.05, 0.1) is 4.91 Å². The van der Waals surface area contributed by atoms with E-state index >= 15 is 0 Å². The first kappa shape index (κ1) is 19.3. The van der Waals surface area contributed by atoms with Gasteiger partial charge < -0.3 is 4.90 Å². The van der Waals surface area contributed by atoms with Gasteiger partial charge in [-0.25, -0.2) is 0 Å². The van der Waals surface area contributed by atoms with Gasteiger partial charge in [0, 0.05) is 29.8 Å². The van der Waals surface area contributed by atoms with Crippen LogP contribution in [0.15, 0.2) is 17.0 Å². The van der Waals surface area contributed by atoms with Crippen molar-refractivity contribution >= 4 is 46.3 Å². The van der Waals surface area contributed by atoms with Crippen molar-refractivity contribution in [2.24, 2.45) is 0 Å². The summed E-state index contributed by atoms with van der Waals surface area (Å²) in [6.45, 7) is 9.10. The molecule has 6 heteroatoms. The van der Waals surface area contributed by atoms with Crippen LogP contribution in [-0.2, 0) is 4.79 Å². The second-order valence-corrected chi connectivity index (χ2v) is 9.14. The van der Waals surface area contributed by atoms with E-state index in [-0.39, 0.29) is 16.7 Å². The molecule has 0 radical (unpaired) electrons. The molecule has 2 amide bonds. The first-order valence-corrected chi connectivity index (χ1v) is 10.2. The third-order valence-electron chi connectivity index (χ3n) is 5.36. The Hall–Kier alpha value is -1.46. The zero-order valence-corrected chi connectivity index (χ0v) is 17.5. The van der Waals surface area contributed by atoms with E-state index in [1.54, 1.807) is 6.08 Å². The molecule has 0 aliphatic carbocycles. The Kier molecular flexibility index (Phi) is 5.15. The summed E-state index contributed by atoms with van der Waals surface area (Å²) >= 11 is 7.53. The number of imide groups is 1. The van der Waals surface area contributed by atoms with Crippen LogP contribution >= 0.6 is 23.4 Å². The molecule has 2 heterocycles. The summed E-state index contributed by atoms with van der Waals surface area (Å²) < 4.78 is 0. The standard InChI is InChI=1S/C20H25ClN2O2S/c1-6-7-23-18(24)17(26-19(23)25)9-13-8-14-12(2)11-20(3,4)22(5)16(14)10-15(13)21/h8-10,12H,6-7,11H2,1-5H3/b17-9-/t12-/m1/s1. The minimum absolute atomic E-state index is 0.0695. The molecule has 2 aliphatic rings. The van der Waals surface area contributed by atoms with Gasteiger partial charge >= 0.3 is 0 Å². The number of thioether (sulfide) groups is 1. The quantitative estimate of drug-likeness (QED) is 0.636. The van der Waals surface area contributed by atoms with Crippen molar-refractivity contribution in [1.29, 1.82) is 0 Å². The Morgan fingerprint density at radius 2 is 2.04 bits per heavy atom. The Balaban J connectivity index is 2.00. The van der Waals surface area contributed by atoms with E-state index in [1.165, 1.54) is 10.5 Å². The molecule has 1 fully saturated rings. The summed E-state index contributed by atoms with van der Waals surface area (Å²) in [5.74, 6) is 0.178. The lowest BCUT2D eigenvalue weighted by molar-refractivity contribution is -0.122. The highest BCUT2D eigenvalue weighted by Gasteiger charge is 2.36. The van der Waals surface area contributed by atoms with E-state index in [1.807, 2.05) is 13.0 Å². The van der Waals surface area contributed by atoms with E-state index in [0.717, 1.165) is 35.9 Å². The molecule has 3 rings (SSSR count). The minimum Gasteiger partial charge on any atom is -0.369 e. The van der Waals surface area contributed by atoms with Crippen molar-refractivity contribution in [3.8, 4) is 0 Å². The van der Waals surface area contributed by atoms with Crippen LogP contribution in [0.3, 0.4) is 0 Å². The largest absolute Gasteiger partial charge is 0.369 e. The zero-order valence-electron chi connectivity index (χ0n) is 15.9. The molecule has 26 heavy (non-hydrogen) atoms. The van der Waals surface area contributed by atoms with Crippen LogP contribution in [0.4, 0.5) is 10.5 Å². The number of fused-ring (bicyclic) bond motifs is 1. The Morgan fingerprint density at radius 1 is 1.35 bits per heavy atom. The Labute approximate surface area is 164 Å². The second-order valence-electron chi connectivity index (χ2n) is 7.74. The lowest BCUT2D eigenvalue weighted by atomic mass is 9.80. The molecule has 0 saturated carbocycles. The normalized spacial score (nSPS) is 23.8. The average Bonchev–Trinajstić information content (AvgIpc) is 2.82. The zero-order chi connectivity index (χ0) is 19.2. The number of carbonyl (C=O) groups excluding carboxylic acids is 2. The lowest BCUT2D eigenvalue weighted by Gasteiger charge is -2.45. The first-order valence-electron chi connectivity index (χ1n) is 8.98. The monoisotopic (exact) mass is 392 g/mol. The molecule has 1 saturated heterocycles. The van der Waals surface area contributed by atoms with Gasteiger partial charge in [-0.1, -0.05) is 25.4 Å². The van der Waals surface area contributed by atoms with Crippen LogP contribution in [0.5, 0.6) is 0 Å². The highest BCUT2D eigenvalue weighted by Crippen LogP contribution is 2.45. The number of amides is 2. The molecule has 0 N–H and O–H groups in total. The van der Waals surface area contributed by atoms with Crippen LogP contribution in [-0.4, -0.2) is 35.2 Å². The molecule has 1 aromatic rings. The highest BCUT2D eigenvalue weighted by molar-refractivity contribution is 8.18. The second kappa shape index (κ2) is 6.93. The van der Waals surface area contributed by atoms with Gasteiger partial charge in [-0.05, 0) is 73.7 Å². The van der Waals surface area contributed by atoms with Crippen molar-refractivity contribution in [2.75, 3.05) is 18.5 Å². The Morgan fingerprint density at radius 3 is 2.69 bits per heavy atom. The van der Waals surface area contributed by atoms with Crippen LogP contribution in [0.25, 0.3) is 6.08 Å². The first-order chi connectivity index (χ1) is 12.2. The lowest BCUT2D eigenvalue weighted by Crippen LogP contribution is -2.45. The Bertz CT molecular complexity index is 803. The SMILES string of the molecule is CCCN1C(=O)S/C(=C\c2cc3c(cc2Cl)N(C)C(C)(C)C[C@H]3C)C1=O. The van der Waals surface area contributed by atoms with E-state index in [4.69, 9.17) is 11.6 Å². The van der Waals surface area contributed by atoms with Crippen molar-refractivity contribution in [1.82, 2.24) is 4.90 Å². The number of halogens is 1. The molecule has 1 aromatic carbocycles. The van der Waals surface area contributed by atoms with Gasteiger partial charge in [0.2, 0.25) is 0 Å². The van der Waals surface area contributed by atoms with Crippen LogP contribution in [0, 0.1) is 0 Å². The minimum atomic E-state index is -0.220. The molecule has 2 aliphatic heterocycles. The summed E-state index contributed by atoms with van der Waals surface area (Å²) in [4.78, 5) is 28.5. The summed E-state index contributed by atoms with van der Waals surface area (Å²) in [6.07, 6.45) is 3.56. The van der Waals surface area contributed by atoms with E-state index in [2.05, 4.69) is 38.8 Å². The number of hydrogen-bond donors (Lipinski definition) is 0. The fourth-order valence-electron chi connectivity index (χ4n) is 3.77. The number of anilines is 1. The van der Waals surface area contributed by atoms with Crippen LogP contribution in [0.2, 0.25) is 5.02 Å². The maximum absolute atomic E-state index is 12.5. The molecular formula is C20H25ClN2O2S. The molecule has 1 atom stereocenters. The highest BCUT2D eigenvalue weighted by atomic mass is 35.5. The fraction of sp³-hybridized carbons (Fsp3) is 0.500. The van der Waals surface area contributed by atoms with Gasteiger partial charge in [0.1, 0.15) is 0 Å². The number of rotatable bonds is 3. The van der Waals surface area contributed by atoms with Crippen molar-refractivity contribution in [2.45, 2.75) is 52.0 Å². The fourth-order valence-corrected chi connectivity index (χ4v) is 4.84. The van der Waals surface area contributed by atoms with Gasteiger partial charge in [0.15, 0.2) is 0 Å². The topological polar surface area (TPSA) is 40.6 Å². The predicted molar refractivity (Wildman–Crippen MR) is 110 cm³/mol. The van der Waals surface area contributed by atoms with Gasteiger partial charge in [-0.15, -0.1) is 0 Å². The summed E-state index contributed by atoms with van der Waals surface area (Å²) in [7, 11) is 2.09. The van der Waals surface area contributed by atoms with Gasteiger partial charge in [-0.3, -0.25) is 14.5 Å². The van der Waals surface area contributed by atoms with Gasteiger partial charge in [0.25, 0.3) is 11.1 Å². The van der Waals surface area contributed by atoms with Gasteiger partial charge in [-0.2, -0.15) is 0 Å². The van der Waals surface area contributed by atoms with Crippen LogP contribution < -0.4 is 4.90 Å². The molecule has 0 bridgehead atoms. The third-order valence-corrected chi connectivity index (χ3v) is 6.59. The number of carbonyl (C=O) groups is 2. The number of nitrogens with zero attached hydrogens (tertiary/aromatic N) is 2. The maximum Gasteiger partial charge on any atom is 0.293 e. The maximum atomic E-state index is 12.5. The third kappa shape index (κ3) is 3.27. The van der Waals surface area contributed by atoms with E-state index in [0.29, 0.717) is 22.4 Å². The smallest absolute Gasteiger partial charge is 0.293 e. The molecule has 140 valence electrons. The van der Waals surface area contributed by atoms with Crippen LogP contribution in [0.1, 0.15) is 57.6 Å². The number of hydrogen-bond acceptors (Lipinski definition) is 4. The molecule has 4 nitrogen and oxygen atoms in total. The van der Waals surface area contributed by atoms with E-state index < -0.39 is 0 Å². The molecule has 0 unspecified atom stereocenters.